The average Bonchev–Trinajstić information content (AvgIpc) is 2.31. The van der Waals surface area contributed by atoms with Crippen LogP contribution in [0, 0.1) is 5.92 Å². The second-order valence-corrected chi connectivity index (χ2v) is 6.35. The molecule has 4 nitrogen and oxygen atoms in total. The average molecular weight is 266 g/mol. The van der Waals surface area contributed by atoms with Crippen LogP contribution in [0.15, 0.2) is 0 Å². The van der Waals surface area contributed by atoms with Crippen LogP contribution >= 0.6 is 0 Å². The van der Waals surface area contributed by atoms with E-state index in [4.69, 9.17) is 0 Å². The Morgan fingerprint density at radius 2 is 1.74 bits per heavy atom. The van der Waals surface area contributed by atoms with Crippen molar-refractivity contribution in [2.45, 2.75) is 64.3 Å². The van der Waals surface area contributed by atoms with Crippen molar-refractivity contribution < 1.29 is 9.59 Å². The van der Waals surface area contributed by atoms with Crippen LogP contribution in [0.2, 0.25) is 0 Å². The molecular weight excluding hydrogens is 240 g/mol. The highest BCUT2D eigenvalue weighted by molar-refractivity contribution is 5.92. The van der Waals surface area contributed by atoms with Gasteiger partial charge < -0.3 is 10.2 Å². The molecule has 0 radical (unpaired) electrons. The Kier molecular flexibility index (Phi) is 4.48. The summed E-state index contributed by atoms with van der Waals surface area (Å²) in [6.45, 7) is 4.93. The van der Waals surface area contributed by atoms with Crippen molar-refractivity contribution in [3.8, 4) is 0 Å². The van der Waals surface area contributed by atoms with Crippen LogP contribution in [-0.2, 0) is 9.59 Å². The highest BCUT2D eigenvalue weighted by Gasteiger charge is 2.42. The van der Waals surface area contributed by atoms with Gasteiger partial charge in [0.25, 0.3) is 0 Å². The first-order chi connectivity index (χ1) is 9.03. The third-order valence-corrected chi connectivity index (χ3v) is 4.57. The Morgan fingerprint density at radius 1 is 1.16 bits per heavy atom. The molecule has 108 valence electrons. The molecule has 0 aromatic carbocycles. The molecule has 4 heteroatoms. The van der Waals surface area contributed by atoms with Crippen molar-refractivity contribution in [2.75, 3.05) is 13.1 Å². The van der Waals surface area contributed by atoms with E-state index >= 15 is 0 Å². The summed E-state index contributed by atoms with van der Waals surface area (Å²) in [5.41, 5.74) is -0.697. The lowest BCUT2D eigenvalue weighted by molar-refractivity contribution is -0.152. The normalized spacial score (nSPS) is 25.4. The van der Waals surface area contributed by atoms with E-state index in [9.17, 15) is 9.59 Å². The number of amides is 2. The number of hydrogen-bond donors (Lipinski definition) is 1. The minimum absolute atomic E-state index is 0.0297. The van der Waals surface area contributed by atoms with Crippen molar-refractivity contribution in [2.24, 2.45) is 5.92 Å². The lowest BCUT2D eigenvalue weighted by Crippen LogP contribution is -2.64. The Labute approximate surface area is 115 Å². The quantitative estimate of drug-likeness (QED) is 0.790. The first-order valence-corrected chi connectivity index (χ1v) is 7.63. The Hall–Kier alpha value is -1.06. The van der Waals surface area contributed by atoms with Gasteiger partial charge in [-0.3, -0.25) is 9.59 Å². The smallest absolute Gasteiger partial charge is 0.245 e. The number of nitrogens with zero attached hydrogens (tertiary/aromatic N) is 1. The number of rotatable bonds is 1. The highest BCUT2D eigenvalue weighted by Crippen LogP contribution is 2.27. The minimum atomic E-state index is -0.697. The number of carbonyl (C=O) groups is 2. The van der Waals surface area contributed by atoms with E-state index in [1.165, 1.54) is 19.3 Å². The van der Waals surface area contributed by atoms with E-state index in [0.29, 0.717) is 13.1 Å². The molecule has 0 unspecified atom stereocenters. The van der Waals surface area contributed by atoms with E-state index in [2.05, 4.69) is 5.32 Å². The topological polar surface area (TPSA) is 49.4 Å². The Bertz CT molecular complexity index is 344. The molecule has 0 aromatic heterocycles. The molecule has 0 aromatic rings. The standard InChI is InChI=1S/C15H26N2O2/c1-15(2)14(19)16-10-11-17(15)13(18)12-8-6-4-3-5-7-9-12/h12H,3-11H2,1-2H3,(H,16,19). The fourth-order valence-corrected chi connectivity index (χ4v) is 3.21. The predicted molar refractivity (Wildman–Crippen MR) is 74.6 cm³/mol. The summed E-state index contributed by atoms with van der Waals surface area (Å²) in [4.78, 5) is 26.5. The molecule has 1 aliphatic carbocycles. The molecule has 1 aliphatic heterocycles. The van der Waals surface area contributed by atoms with Crippen molar-refractivity contribution in [1.82, 2.24) is 10.2 Å². The van der Waals surface area contributed by atoms with Gasteiger partial charge in [-0.05, 0) is 26.7 Å². The predicted octanol–water partition coefficient (Wildman–Crippen LogP) is 2.08. The molecule has 2 aliphatic rings. The van der Waals surface area contributed by atoms with E-state index < -0.39 is 5.54 Å². The molecule has 2 rings (SSSR count). The van der Waals surface area contributed by atoms with Crippen LogP contribution in [0.5, 0.6) is 0 Å². The van der Waals surface area contributed by atoms with E-state index in [0.717, 1.165) is 25.7 Å². The van der Waals surface area contributed by atoms with Gasteiger partial charge in [0, 0.05) is 19.0 Å². The van der Waals surface area contributed by atoms with Gasteiger partial charge in [-0.25, -0.2) is 0 Å². The van der Waals surface area contributed by atoms with Gasteiger partial charge in [0.2, 0.25) is 11.8 Å². The van der Waals surface area contributed by atoms with Crippen LogP contribution in [0.3, 0.4) is 0 Å². The zero-order valence-corrected chi connectivity index (χ0v) is 12.2. The van der Waals surface area contributed by atoms with E-state index in [1.807, 2.05) is 13.8 Å². The Balaban J connectivity index is 2.06. The molecule has 0 spiro atoms. The zero-order valence-electron chi connectivity index (χ0n) is 12.2. The van der Waals surface area contributed by atoms with Crippen LogP contribution in [0.4, 0.5) is 0 Å². The molecule has 19 heavy (non-hydrogen) atoms. The number of hydrogen-bond acceptors (Lipinski definition) is 2. The van der Waals surface area contributed by atoms with Gasteiger partial charge in [0.1, 0.15) is 5.54 Å². The third kappa shape index (κ3) is 3.10. The summed E-state index contributed by atoms with van der Waals surface area (Å²) < 4.78 is 0. The van der Waals surface area contributed by atoms with Gasteiger partial charge in [0.05, 0.1) is 0 Å². The maximum atomic E-state index is 12.7. The summed E-state index contributed by atoms with van der Waals surface area (Å²) in [7, 11) is 0. The largest absolute Gasteiger partial charge is 0.352 e. The third-order valence-electron chi connectivity index (χ3n) is 4.57. The van der Waals surface area contributed by atoms with Gasteiger partial charge in [-0.15, -0.1) is 0 Å². The molecule has 1 saturated carbocycles. The van der Waals surface area contributed by atoms with Crippen LogP contribution < -0.4 is 5.32 Å². The summed E-state index contributed by atoms with van der Waals surface area (Å²) in [6.07, 6.45) is 8.08. The van der Waals surface area contributed by atoms with Crippen molar-refractivity contribution in [3.05, 3.63) is 0 Å². The Morgan fingerprint density at radius 3 is 2.37 bits per heavy atom. The molecule has 1 heterocycles. The van der Waals surface area contributed by atoms with Gasteiger partial charge in [-0.2, -0.15) is 0 Å². The molecule has 2 amide bonds. The monoisotopic (exact) mass is 266 g/mol. The lowest BCUT2D eigenvalue weighted by Gasteiger charge is -2.43. The van der Waals surface area contributed by atoms with Crippen molar-refractivity contribution >= 4 is 11.8 Å². The minimum Gasteiger partial charge on any atom is -0.352 e. The van der Waals surface area contributed by atoms with Crippen LogP contribution in [0.25, 0.3) is 0 Å². The molecule has 0 bridgehead atoms. The highest BCUT2D eigenvalue weighted by atomic mass is 16.2. The van der Waals surface area contributed by atoms with Crippen LogP contribution in [-0.4, -0.2) is 35.3 Å². The fraction of sp³-hybridized carbons (Fsp3) is 0.867. The summed E-state index contributed by atoms with van der Waals surface area (Å²) in [6, 6.07) is 0. The summed E-state index contributed by atoms with van der Waals surface area (Å²) in [5, 5.41) is 2.85. The maximum absolute atomic E-state index is 12.7. The first kappa shape index (κ1) is 14.4. The van der Waals surface area contributed by atoms with Crippen LogP contribution in [0.1, 0.15) is 58.8 Å². The first-order valence-electron chi connectivity index (χ1n) is 7.63. The molecule has 0 atom stereocenters. The van der Waals surface area contributed by atoms with Gasteiger partial charge in [-0.1, -0.05) is 32.1 Å². The second kappa shape index (κ2) is 5.93. The fourth-order valence-electron chi connectivity index (χ4n) is 3.21. The van der Waals surface area contributed by atoms with Gasteiger partial charge >= 0.3 is 0 Å². The summed E-state index contributed by atoms with van der Waals surface area (Å²) >= 11 is 0. The number of piperazine rings is 1. The van der Waals surface area contributed by atoms with Gasteiger partial charge in [0.15, 0.2) is 0 Å². The zero-order chi connectivity index (χ0) is 13.9. The van der Waals surface area contributed by atoms with E-state index in [-0.39, 0.29) is 17.7 Å². The second-order valence-electron chi connectivity index (χ2n) is 6.35. The number of carbonyl (C=O) groups excluding carboxylic acids is 2. The lowest BCUT2D eigenvalue weighted by atomic mass is 9.88. The van der Waals surface area contributed by atoms with E-state index in [1.54, 1.807) is 4.90 Å². The molecule has 1 N–H and O–H groups in total. The summed E-state index contributed by atoms with van der Waals surface area (Å²) in [5.74, 6) is 0.296. The molecule has 2 fully saturated rings. The maximum Gasteiger partial charge on any atom is 0.245 e. The van der Waals surface area contributed by atoms with Crippen molar-refractivity contribution in [3.63, 3.8) is 0 Å². The molecule has 1 saturated heterocycles. The molecular formula is C15H26N2O2. The number of nitrogens with one attached hydrogen (secondary N) is 1. The SMILES string of the molecule is CC1(C)C(=O)NCCN1C(=O)C1CCCCCCC1. The van der Waals surface area contributed by atoms with Crippen molar-refractivity contribution in [1.29, 1.82) is 0 Å².